The molecule has 0 spiro atoms. The van der Waals surface area contributed by atoms with E-state index < -0.39 is 59.1 Å². The molecule has 0 bridgehead atoms. The number of ether oxygens (including phenoxy) is 2. The number of amides is 2. The number of esters is 1. The summed E-state index contributed by atoms with van der Waals surface area (Å²) >= 11 is 0. The molecule has 3 rings (SSSR count). The lowest BCUT2D eigenvalue weighted by atomic mass is 9.78. The second-order valence-electron chi connectivity index (χ2n) is 9.54. The maximum absolute atomic E-state index is 14.4. The van der Waals surface area contributed by atoms with Crippen molar-refractivity contribution in [2.45, 2.75) is 51.3 Å². The third-order valence-corrected chi connectivity index (χ3v) is 6.46. The Morgan fingerprint density at radius 2 is 1.53 bits per heavy atom. The molecule has 3 aromatic carbocycles. The average Bonchev–Trinajstić information content (AvgIpc) is 2.95. The summed E-state index contributed by atoms with van der Waals surface area (Å²) in [6, 6.07) is 13.7. The first-order valence-corrected chi connectivity index (χ1v) is 13.6. The molecule has 2 atom stereocenters. The van der Waals surface area contributed by atoms with Crippen LogP contribution in [0.1, 0.15) is 66.4 Å². The van der Waals surface area contributed by atoms with E-state index in [1.54, 1.807) is 31.2 Å². The van der Waals surface area contributed by atoms with Gasteiger partial charge in [0.05, 0.1) is 24.6 Å². The normalized spacial score (nSPS) is 12.6. The molecule has 2 unspecified atom stereocenters. The molecule has 0 saturated carbocycles. The SMILES string of the molecule is CCCC(c1ccc(C(=O)NCCC(=O)OCC)cc1)C(C(=O)Nc1cc(F)ccc1F)c1ccc(OC(F)(F)F)cc1. The zero-order valence-corrected chi connectivity index (χ0v) is 23.5. The molecule has 0 heterocycles. The number of carbonyl (C=O) groups excluding carboxylic acids is 3. The second-order valence-corrected chi connectivity index (χ2v) is 9.54. The fourth-order valence-electron chi connectivity index (χ4n) is 4.58. The molecule has 0 saturated heterocycles. The van der Waals surface area contributed by atoms with Crippen LogP contribution in [0, 0.1) is 11.6 Å². The van der Waals surface area contributed by atoms with Crippen molar-refractivity contribution in [3.05, 3.63) is 95.1 Å². The van der Waals surface area contributed by atoms with Gasteiger partial charge in [0.25, 0.3) is 5.91 Å². The van der Waals surface area contributed by atoms with E-state index in [-0.39, 0.29) is 19.6 Å². The van der Waals surface area contributed by atoms with Crippen molar-refractivity contribution in [2.24, 2.45) is 0 Å². The number of hydrogen-bond donors (Lipinski definition) is 2. The lowest BCUT2D eigenvalue weighted by Gasteiger charge is -2.28. The van der Waals surface area contributed by atoms with E-state index in [1.165, 1.54) is 12.1 Å². The predicted molar refractivity (Wildman–Crippen MR) is 149 cm³/mol. The molecule has 2 N–H and O–H groups in total. The minimum Gasteiger partial charge on any atom is -0.466 e. The molecule has 12 heteroatoms. The monoisotopic (exact) mass is 606 g/mol. The Hall–Kier alpha value is -4.48. The van der Waals surface area contributed by atoms with Gasteiger partial charge in [-0.05, 0) is 66.8 Å². The summed E-state index contributed by atoms with van der Waals surface area (Å²) in [5.74, 6) is -5.34. The van der Waals surface area contributed by atoms with Gasteiger partial charge in [0, 0.05) is 18.2 Å². The summed E-state index contributed by atoms with van der Waals surface area (Å²) in [6.45, 7) is 3.86. The molecule has 43 heavy (non-hydrogen) atoms. The molecule has 0 aliphatic rings. The number of carbonyl (C=O) groups is 3. The highest BCUT2D eigenvalue weighted by Crippen LogP contribution is 2.39. The Bertz CT molecular complexity index is 1400. The molecule has 2 amide bonds. The number of nitrogens with one attached hydrogen (secondary N) is 2. The highest BCUT2D eigenvalue weighted by molar-refractivity contribution is 5.97. The molecule has 0 fully saturated rings. The van der Waals surface area contributed by atoms with Crippen LogP contribution in [0.25, 0.3) is 0 Å². The summed E-state index contributed by atoms with van der Waals surface area (Å²) in [5, 5.41) is 5.04. The molecular formula is C31H31F5N2O5. The van der Waals surface area contributed by atoms with Crippen molar-refractivity contribution in [1.82, 2.24) is 5.32 Å². The van der Waals surface area contributed by atoms with Gasteiger partial charge in [-0.25, -0.2) is 8.78 Å². The van der Waals surface area contributed by atoms with Crippen LogP contribution in [0.15, 0.2) is 66.7 Å². The molecule has 0 aromatic heterocycles. The lowest BCUT2D eigenvalue weighted by molar-refractivity contribution is -0.274. The van der Waals surface area contributed by atoms with Crippen molar-refractivity contribution in [3.8, 4) is 5.75 Å². The van der Waals surface area contributed by atoms with Gasteiger partial charge in [0.15, 0.2) is 0 Å². The van der Waals surface area contributed by atoms with Gasteiger partial charge >= 0.3 is 12.3 Å². The van der Waals surface area contributed by atoms with Gasteiger partial charge < -0.3 is 20.1 Å². The van der Waals surface area contributed by atoms with Crippen LogP contribution in [0.5, 0.6) is 5.75 Å². The van der Waals surface area contributed by atoms with Crippen LogP contribution in [-0.2, 0) is 14.3 Å². The average molecular weight is 607 g/mol. The fraction of sp³-hybridized carbons (Fsp3) is 0.323. The molecular weight excluding hydrogens is 575 g/mol. The van der Waals surface area contributed by atoms with Crippen molar-refractivity contribution >= 4 is 23.5 Å². The third kappa shape index (κ3) is 9.79. The van der Waals surface area contributed by atoms with Crippen LogP contribution in [-0.4, -0.2) is 37.3 Å². The summed E-state index contributed by atoms with van der Waals surface area (Å²) in [5.41, 5.74) is 0.833. The van der Waals surface area contributed by atoms with Crippen LogP contribution >= 0.6 is 0 Å². The summed E-state index contributed by atoms with van der Waals surface area (Å²) in [6.07, 6.45) is -3.89. The van der Waals surface area contributed by atoms with Crippen molar-refractivity contribution in [3.63, 3.8) is 0 Å². The van der Waals surface area contributed by atoms with Crippen LogP contribution in [0.4, 0.5) is 27.6 Å². The van der Waals surface area contributed by atoms with E-state index in [0.717, 1.165) is 30.3 Å². The van der Waals surface area contributed by atoms with E-state index in [9.17, 15) is 36.3 Å². The maximum atomic E-state index is 14.4. The number of hydrogen-bond acceptors (Lipinski definition) is 5. The Kier molecular flexibility index (Phi) is 11.6. The predicted octanol–water partition coefficient (Wildman–Crippen LogP) is 6.85. The van der Waals surface area contributed by atoms with Crippen LogP contribution < -0.4 is 15.4 Å². The smallest absolute Gasteiger partial charge is 0.466 e. The summed E-state index contributed by atoms with van der Waals surface area (Å²) in [7, 11) is 0. The first kappa shape index (κ1) is 33.0. The van der Waals surface area contributed by atoms with E-state index in [2.05, 4.69) is 15.4 Å². The van der Waals surface area contributed by atoms with Crippen molar-refractivity contribution in [1.29, 1.82) is 0 Å². The summed E-state index contributed by atoms with van der Waals surface area (Å²) < 4.78 is 75.1. The van der Waals surface area contributed by atoms with Crippen LogP contribution in [0.2, 0.25) is 0 Å². The van der Waals surface area contributed by atoms with Crippen molar-refractivity contribution in [2.75, 3.05) is 18.5 Å². The van der Waals surface area contributed by atoms with E-state index >= 15 is 0 Å². The molecule has 7 nitrogen and oxygen atoms in total. The summed E-state index contributed by atoms with van der Waals surface area (Å²) in [4.78, 5) is 37.7. The largest absolute Gasteiger partial charge is 0.573 e. The second kappa shape index (κ2) is 15.1. The number of alkyl halides is 3. The molecule has 230 valence electrons. The number of benzene rings is 3. The molecule has 0 aliphatic heterocycles. The zero-order valence-electron chi connectivity index (χ0n) is 23.5. The van der Waals surface area contributed by atoms with Gasteiger partial charge in [-0.1, -0.05) is 37.6 Å². The highest BCUT2D eigenvalue weighted by Gasteiger charge is 2.33. The van der Waals surface area contributed by atoms with Gasteiger partial charge in [-0.15, -0.1) is 13.2 Å². The number of rotatable bonds is 13. The van der Waals surface area contributed by atoms with E-state index in [4.69, 9.17) is 4.74 Å². The van der Waals surface area contributed by atoms with Gasteiger partial charge in [-0.3, -0.25) is 14.4 Å². The lowest BCUT2D eigenvalue weighted by Crippen LogP contribution is -2.28. The van der Waals surface area contributed by atoms with Crippen molar-refractivity contribution < 1.29 is 45.8 Å². The highest BCUT2D eigenvalue weighted by atomic mass is 19.4. The first-order chi connectivity index (χ1) is 20.4. The molecule has 3 aromatic rings. The quantitative estimate of drug-likeness (QED) is 0.164. The number of anilines is 1. The van der Waals surface area contributed by atoms with Gasteiger partial charge in [0.2, 0.25) is 5.91 Å². The molecule has 0 radical (unpaired) electrons. The minimum absolute atomic E-state index is 0.00569. The number of halogens is 5. The van der Waals surface area contributed by atoms with E-state index in [1.807, 2.05) is 6.92 Å². The Morgan fingerprint density at radius 1 is 0.884 bits per heavy atom. The topological polar surface area (TPSA) is 93.7 Å². The maximum Gasteiger partial charge on any atom is 0.573 e. The molecule has 0 aliphatic carbocycles. The van der Waals surface area contributed by atoms with Gasteiger partial charge in [-0.2, -0.15) is 0 Å². The Balaban J connectivity index is 1.92. The Labute approximate surface area is 245 Å². The first-order valence-electron chi connectivity index (χ1n) is 13.6. The zero-order chi connectivity index (χ0) is 31.6. The van der Waals surface area contributed by atoms with Gasteiger partial charge in [0.1, 0.15) is 17.4 Å². The Morgan fingerprint density at radius 3 is 2.14 bits per heavy atom. The minimum atomic E-state index is -4.91. The van der Waals surface area contributed by atoms with Crippen LogP contribution in [0.3, 0.4) is 0 Å². The van der Waals surface area contributed by atoms with E-state index in [0.29, 0.717) is 29.5 Å². The standard InChI is InChI=1S/C31H31F5N2O5/c1-3-5-24(19-6-8-21(9-7-19)29(40)37-17-16-27(39)42-4-2)28(20-10-13-23(14-11-20)43-31(34,35)36)30(41)38-26-18-22(32)12-15-25(26)33/h6-15,18,24,28H,3-5,16-17H2,1-2H3,(H,37,40)(H,38,41). The third-order valence-electron chi connectivity index (χ3n) is 6.46. The fourth-order valence-corrected chi connectivity index (χ4v) is 4.58.